The van der Waals surface area contributed by atoms with E-state index in [0.29, 0.717) is 5.92 Å². The van der Waals surface area contributed by atoms with Gasteiger partial charge >= 0.3 is 0 Å². The van der Waals surface area contributed by atoms with E-state index in [4.69, 9.17) is 0 Å². The smallest absolute Gasteiger partial charge is 0.225 e. The number of rotatable bonds is 1. The Kier molecular flexibility index (Phi) is 2.36. The summed E-state index contributed by atoms with van der Waals surface area (Å²) in [7, 11) is 0. The second-order valence-corrected chi connectivity index (χ2v) is 5.85. The summed E-state index contributed by atoms with van der Waals surface area (Å²) in [6.07, 6.45) is 3.82. The topological polar surface area (TPSA) is 41.1 Å². The predicted octanol–water partition coefficient (Wildman–Crippen LogP) is 1.22. The van der Waals surface area contributed by atoms with Crippen LogP contribution in [-0.4, -0.2) is 35.1 Å². The zero-order valence-corrected chi connectivity index (χ0v) is 10.8. The third-order valence-electron chi connectivity index (χ3n) is 4.37. The number of hydrogen-bond donors (Lipinski definition) is 1. The standard InChI is InChI=1S/C13H20N4/c1-9-4-15-12(16-5-9)17-8-10-6-14-7-11(10)13(17,2)3/h4-5,10-11,14H,6-8H2,1-3H3. The summed E-state index contributed by atoms with van der Waals surface area (Å²) in [6, 6.07) is 0. The van der Waals surface area contributed by atoms with Crippen LogP contribution >= 0.6 is 0 Å². The average molecular weight is 232 g/mol. The Balaban J connectivity index is 1.91. The molecule has 17 heavy (non-hydrogen) atoms. The third-order valence-corrected chi connectivity index (χ3v) is 4.37. The molecule has 0 spiro atoms. The molecule has 0 saturated carbocycles. The number of fused-ring (bicyclic) bond motifs is 1. The first-order valence-corrected chi connectivity index (χ1v) is 6.36. The molecule has 2 aliphatic rings. The highest BCUT2D eigenvalue weighted by molar-refractivity contribution is 5.38. The van der Waals surface area contributed by atoms with Gasteiger partial charge in [-0.15, -0.1) is 0 Å². The normalized spacial score (nSPS) is 30.6. The van der Waals surface area contributed by atoms with Gasteiger partial charge in [0.2, 0.25) is 5.95 Å². The Labute approximate surface area is 102 Å². The van der Waals surface area contributed by atoms with Crippen LogP contribution in [0.1, 0.15) is 19.4 Å². The van der Waals surface area contributed by atoms with Gasteiger partial charge in [0, 0.05) is 37.6 Å². The van der Waals surface area contributed by atoms with Gasteiger partial charge in [-0.1, -0.05) is 0 Å². The molecule has 1 aromatic heterocycles. The molecule has 2 atom stereocenters. The van der Waals surface area contributed by atoms with E-state index in [-0.39, 0.29) is 5.54 Å². The minimum atomic E-state index is 0.156. The van der Waals surface area contributed by atoms with Crippen molar-refractivity contribution in [3.8, 4) is 0 Å². The molecule has 0 amide bonds. The van der Waals surface area contributed by atoms with Crippen molar-refractivity contribution in [2.75, 3.05) is 24.5 Å². The second kappa shape index (κ2) is 3.67. The maximum atomic E-state index is 4.48. The molecule has 3 heterocycles. The molecule has 0 bridgehead atoms. The molecule has 92 valence electrons. The highest BCUT2D eigenvalue weighted by atomic mass is 15.3. The van der Waals surface area contributed by atoms with Crippen molar-refractivity contribution in [2.24, 2.45) is 11.8 Å². The van der Waals surface area contributed by atoms with Gasteiger partial charge in [-0.2, -0.15) is 0 Å². The molecule has 1 aromatic rings. The second-order valence-electron chi connectivity index (χ2n) is 5.85. The quantitative estimate of drug-likeness (QED) is 0.790. The number of aryl methyl sites for hydroxylation is 1. The summed E-state index contributed by atoms with van der Waals surface area (Å²) < 4.78 is 0. The molecular weight excluding hydrogens is 212 g/mol. The van der Waals surface area contributed by atoms with Crippen molar-refractivity contribution in [1.82, 2.24) is 15.3 Å². The molecule has 2 aliphatic heterocycles. The zero-order chi connectivity index (χ0) is 12.0. The summed E-state index contributed by atoms with van der Waals surface area (Å²) in [5, 5.41) is 3.49. The molecule has 0 aromatic carbocycles. The van der Waals surface area contributed by atoms with Crippen LogP contribution < -0.4 is 10.2 Å². The summed E-state index contributed by atoms with van der Waals surface area (Å²) in [4.78, 5) is 11.3. The lowest BCUT2D eigenvalue weighted by Gasteiger charge is -2.35. The van der Waals surface area contributed by atoms with E-state index in [9.17, 15) is 0 Å². The first kappa shape index (κ1) is 11.0. The third kappa shape index (κ3) is 1.62. The van der Waals surface area contributed by atoms with Crippen LogP contribution in [0.25, 0.3) is 0 Å². The van der Waals surface area contributed by atoms with Gasteiger partial charge in [-0.25, -0.2) is 9.97 Å². The van der Waals surface area contributed by atoms with Crippen molar-refractivity contribution < 1.29 is 0 Å². The molecule has 4 nitrogen and oxygen atoms in total. The van der Waals surface area contributed by atoms with Crippen molar-refractivity contribution in [1.29, 1.82) is 0 Å². The molecule has 0 aliphatic carbocycles. The molecule has 2 saturated heterocycles. The molecule has 0 radical (unpaired) electrons. The number of aromatic nitrogens is 2. The Bertz CT molecular complexity index is 412. The Morgan fingerprint density at radius 2 is 2.00 bits per heavy atom. The SMILES string of the molecule is Cc1cnc(N2CC3CNCC3C2(C)C)nc1. The van der Waals surface area contributed by atoms with E-state index in [2.05, 4.69) is 34.0 Å². The first-order valence-electron chi connectivity index (χ1n) is 6.36. The van der Waals surface area contributed by atoms with E-state index >= 15 is 0 Å². The van der Waals surface area contributed by atoms with Crippen molar-refractivity contribution in [2.45, 2.75) is 26.3 Å². The van der Waals surface area contributed by atoms with Crippen LogP contribution in [0.5, 0.6) is 0 Å². The monoisotopic (exact) mass is 232 g/mol. The van der Waals surface area contributed by atoms with Crippen molar-refractivity contribution in [3.63, 3.8) is 0 Å². The van der Waals surface area contributed by atoms with Gasteiger partial charge < -0.3 is 10.2 Å². The van der Waals surface area contributed by atoms with Crippen LogP contribution in [0, 0.1) is 18.8 Å². The van der Waals surface area contributed by atoms with Crippen LogP contribution in [0.3, 0.4) is 0 Å². The molecule has 4 heteroatoms. The van der Waals surface area contributed by atoms with Crippen LogP contribution in [0.2, 0.25) is 0 Å². The lowest BCUT2D eigenvalue weighted by molar-refractivity contribution is 0.355. The van der Waals surface area contributed by atoms with Gasteiger partial charge in [-0.05, 0) is 38.2 Å². The van der Waals surface area contributed by atoms with E-state index in [1.165, 1.54) is 0 Å². The van der Waals surface area contributed by atoms with Gasteiger partial charge in [0.1, 0.15) is 0 Å². The van der Waals surface area contributed by atoms with Crippen molar-refractivity contribution in [3.05, 3.63) is 18.0 Å². The van der Waals surface area contributed by atoms with Gasteiger partial charge in [0.25, 0.3) is 0 Å². The minimum Gasteiger partial charge on any atom is -0.335 e. The molecule has 1 N–H and O–H groups in total. The first-order chi connectivity index (χ1) is 8.09. The number of hydrogen-bond acceptors (Lipinski definition) is 4. The van der Waals surface area contributed by atoms with E-state index in [1.54, 1.807) is 0 Å². The highest BCUT2D eigenvalue weighted by Gasteiger charge is 2.50. The summed E-state index contributed by atoms with van der Waals surface area (Å²) in [5.41, 5.74) is 1.27. The van der Waals surface area contributed by atoms with Crippen molar-refractivity contribution >= 4 is 5.95 Å². The fourth-order valence-electron chi connectivity index (χ4n) is 3.29. The average Bonchev–Trinajstić information content (AvgIpc) is 2.83. The summed E-state index contributed by atoms with van der Waals surface area (Å²) in [5.74, 6) is 2.34. The lowest BCUT2D eigenvalue weighted by atomic mass is 9.85. The highest BCUT2D eigenvalue weighted by Crippen LogP contribution is 2.41. The number of anilines is 1. The summed E-state index contributed by atoms with van der Waals surface area (Å²) in [6.45, 7) is 9.99. The number of nitrogens with one attached hydrogen (secondary N) is 1. The molecule has 3 rings (SSSR count). The minimum absolute atomic E-state index is 0.156. The largest absolute Gasteiger partial charge is 0.335 e. The van der Waals surface area contributed by atoms with E-state index in [0.717, 1.165) is 37.1 Å². The van der Waals surface area contributed by atoms with Gasteiger partial charge in [0.15, 0.2) is 0 Å². The Morgan fingerprint density at radius 3 is 2.65 bits per heavy atom. The zero-order valence-electron chi connectivity index (χ0n) is 10.8. The maximum absolute atomic E-state index is 4.48. The Hall–Kier alpha value is -1.16. The predicted molar refractivity (Wildman–Crippen MR) is 68.0 cm³/mol. The molecular formula is C13H20N4. The number of nitrogens with zero attached hydrogens (tertiary/aromatic N) is 3. The summed E-state index contributed by atoms with van der Waals surface area (Å²) >= 11 is 0. The fourth-order valence-corrected chi connectivity index (χ4v) is 3.29. The van der Waals surface area contributed by atoms with E-state index < -0.39 is 0 Å². The van der Waals surface area contributed by atoms with Crippen LogP contribution in [0.4, 0.5) is 5.95 Å². The van der Waals surface area contributed by atoms with Gasteiger partial charge in [-0.3, -0.25) is 0 Å². The molecule has 2 fully saturated rings. The van der Waals surface area contributed by atoms with Crippen LogP contribution in [-0.2, 0) is 0 Å². The molecule has 2 unspecified atom stereocenters. The van der Waals surface area contributed by atoms with Gasteiger partial charge in [0.05, 0.1) is 0 Å². The maximum Gasteiger partial charge on any atom is 0.225 e. The van der Waals surface area contributed by atoms with E-state index in [1.807, 2.05) is 19.3 Å². The lowest BCUT2D eigenvalue weighted by Crippen LogP contribution is -2.45. The fraction of sp³-hybridized carbons (Fsp3) is 0.692. The van der Waals surface area contributed by atoms with Crippen LogP contribution in [0.15, 0.2) is 12.4 Å². The Morgan fingerprint density at radius 1 is 1.29 bits per heavy atom.